The highest BCUT2D eigenvalue weighted by Crippen LogP contribution is 2.69. The number of allylic oxidation sites excluding steroid dienone is 4. The largest absolute Gasteiger partial charge is 0.390 e. The molecule has 0 saturated heterocycles. The van der Waals surface area contributed by atoms with Crippen molar-refractivity contribution in [2.24, 2.45) is 34.0 Å². The van der Waals surface area contributed by atoms with E-state index in [1.54, 1.807) is 19.4 Å². The lowest BCUT2D eigenvalue weighted by molar-refractivity contribution is -0.122. The zero-order chi connectivity index (χ0) is 24.8. The highest BCUT2D eigenvalue weighted by atomic mass is 16.3. The molecule has 0 heterocycles. The van der Waals surface area contributed by atoms with Crippen LogP contribution in [-0.2, 0) is 4.79 Å². The molecule has 0 spiro atoms. The van der Waals surface area contributed by atoms with Gasteiger partial charge in [0.15, 0.2) is 0 Å². The molecule has 3 nitrogen and oxygen atoms in total. The summed E-state index contributed by atoms with van der Waals surface area (Å²) in [6.45, 7) is 17.2. The van der Waals surface area contributed by atoms with Crippen LogP contribution < -0.4 is 0 Å². The van der Waals surface area contributed by atoms with E-state index in [2.05, 4.69) is 39.8 Å². The van der Waals surface area contributed by atoms with E-state index in [1.807, 2.05) is 13.8 Å². The second-order valence-corrected chi connectivity index (χ2v) is 13.3. The molecule has 3 heteroatoms. The normalized spacial score (nSPS) is 36.0. The smallest absolute Gasteiger partial charge is 0.135 e. The second kappa shape index (κ2) is 9.26. The number of ketones is 1. The summed E-state index contributed by atoms with van der Waals surface area (Å²) in [7, 11) is 0. The summed E-state index contributed by atoms with van der Waals surface area (Å²) < 4.78 is 0. The van der Waals surface area contributed by atoms with Crippen molar-refractivity contribution in [3.05, 3.63) is 23.3 Å². The Balaban J connectivity index is 1.81. The van der Waals surface area contributed by atoms with Gasteiger partial charge in [0.2, 0.25) is 0 Å². The maximum absolute atomic E-state index is 12.4. The minimum absolute atomic E-state index is 0.111. The van der Waals surface area contributed by atoms with Crippen LogP contribution in [0.4, 0.5) is 0 Å². The third-order valence-corrected chi connectivity index (χ3v) is 10.3. The van der Waals surface area contributed by atoms with Gasteiger partial charge >= 0.3 is 0 Å². The first-order valence-corrected chi connectivity index (χ1v) is 13.5. The minimum atomic E-state index is -1.04. The summed E-state index contributed by atoms with van der Waals surface area (Å²) in [4.78, 5) is 12.4. The van der Waals surface area contributed by atoms with E-state index in [1.165, 1.54) is 18.4 Å². The van der Waals surface area contributed by atoms with Gasteiger partial charge in [-0.3, -0.25) is 4.79 Å². The van der Waals surface area contributed by atoms with E-state index in [0.29, 0.717) is 30.5 Å². The molecule has 6 unspecified atom stereocenters. The van der Waals surface area contributed by atoms with E-state index in [9.17, 15) is 15.0 Å². The molecule has 1 fully saturated rings. The van der Waals surface area contributed by atoms with Gasteiger partial charge in [0.25, 0.3) is 0 Å². The molecule has 2 N–H and O–H groups in total. The van der Waals surface area contributed by atoms with Gasteiger partial charge in [-0.15, -0.1) is 0 Å². The zero-order valence-electron chi connectivity index (χ0n) is 22.6. The van der Waals surface area contributed by atoms with Crippen LogP contribution in [0, 0.1) is 34.0 Å². The molecule has 0 amide bonds. The number of carbonyl (C=O) groups is 1. The van der Waals surface area contributed by atoms with Crippen molar-refractivity contribution in [3.63, 3.8) is 0 Å². The third kappa shape index (κ3) is 4.79. The molecule has 6 atom stereocenters. The lowest BCUT2D eigenvalue weighted by atomic mass is 9.50. The maximum Gasteiger partial charge on any atom is 0.135 e. The maximum atomic E-state index is 12.4. The molecule has 0 aromatic carbocycles. The number of hydrogen-bond donors (Lipinski definition) is 2. The number of aliphatic hydroxyl groups excluding tert-OH is 1. The second-order valence-electron chi connectivity index (χ2n) is 13.3. The van der Waals surface area contributed by atoms with E-state index < -0.39 is 11.7 Å². The van der Waals surface area contributed by atoms with E-state index in [4.69, 9.17) is 0 Å². The fourth-order valence-electron chi connectivity index (χ4n) is 7.41. The topological polar surface area (TPSA) is 57.5 Å². The van der Waals surface area contributed by atoms with Crippen LogP contribution in [0.1, 0.15) is 113 Å². The molecule has 0 aliphatic heterocycles. The lowest BCUT2D eigenvalue weighted by Gasteiger charge is -2.54. The quantitative estimate of drug-likeness (QED) is 0.390. The molecule has 33 heavy (non-hydrogen) atoms. The number of rotatable bonds is 9. The summed E-state index contributed by atoms with van der Waals surface area (Å²) in [5.41, 5.74) is 2.58. The molecule has 3 rings (SSSR count). The molecule has 3 aliphatic carbocycles. The Kier molecular flexibility index (Phi) is 7.49. The molecule has 188 valence electrons. The molecular formula is C30H50O3. The Bertz CT molecular complexity index is 800. The third-order valence-electron chi connectivity index (χ3n) is 10.3. The van der Waals surface area contributed by atoms with Gasteiger partial charge in [-0.25, -0.2) is 0 Å². The Morgan fingerprint density at radius 1 is 1.09 bits per heavy atom. The number of aliphatic hydroxyl groups is 2. The number of fused-ring (bicyclic) bond motifs is 3. The average Bonchev–Trinajstić information content (AvgIpc) is 3.01. The Hall–Kier alpha value is -0.930. The van der Waals surface area contributed by atoms with Crippen molar-refractivity contribution in [2.45, 2.75) is 125 Å². The molecule has 3 aliphatic rings. The Morgan fingerprint density at radius 2 is 1.76 bits per heavy atom. The van der Waals surface area contributed by atoms with Crippen LogP contribution in [0.15, 0.2) is 23.3 Å². The first-order chi connectivity index (χ1) is 15.2. The van der Waals surface area contributed by atoms with Crippen molar-refractivity contribution >= 4 is 5.78 Å². The van der Waals surface area contributed by atoms with Gasteiger partial charge in [0, 0.05) is 12.3 Å². The first kappa shape index (κ1) is 26.7. The molecule has 0 aromatic rings. The summed E-state index contributed by atoms with van der Waals surface area (Å²) in [6, 6.07) is 0. The Labute approximate surface area is 203 Å². The van der Waals surface area contributed by atoms with Crippen molar-refractivity contribution in [1.82, 2.24) is 0 Å². The number of hydrogen-bond acceptors (Lipinski definition) is 3. The highest BCUT2D eigenvalue weighted by molar-refractivity contribution is 5.80. The molecular weight excluding hydrogens is 408 g/mol. The van der Waals surface area contributed by atoms with Gasteiger partial charge in [0.1, 0.15) is 5.78 Å². The molecule has 0 aromatic heterocycles. The minimum Gasteiger partial charge on any atom is -0.390 e. The van der Waals surface area contributed by atoms with Crippen LogP contribution in [0.5, 0.6) is 0 Å². The van der Waals surface area contributed by atoms with E-state index in [0.717, 1.165) is 32.1 Å². The zero-order valence-corrected chi connectivity index (χ0v) is 22.6. The summed E-state index contributed by atoms with van der Waals surface area (Å²) >= 11 is 0. The van der Waals surface area contributed by atoms with Gasteiger partial charge in [-0.1, -0.05) is 53.7 Å². The van der Waals surface area contributed by atoms with Crippen molar-refractivity contribution < 1.29 is 15.0 Å². The fraction of sp³-hybridized carbons (Fsp3) is 0.833. The first-order valence-electron chi connectivity index (χ1n) is 13.5. The number of carbonyl (C=O) groups excluding carboxylic acids is 1. The summed E-state index contributed by atoms with van der Waals surface area (Å²) in [6.07, 6.45) is 13.5. The van der Waals surface area contributed by atoms with Crippen LogP contribution in [0.25, 0.3) is 0 Å². The Morgan fingerprint density at radius 3 is 2.36 bits per heavy atom. The predicted molar refractivity (Wildman–Crippen MR) is 137 cm³/mol. The van der Waals surface area contributed by atoms with E-state index in [-0.39, 0.29) is 22.2 Å². The van der Waals surface area contributed by atoms with Crippen molar-refractivity contribution in [3.8, 4) is 0 Å². The monoisotopic (exact) mass is 458 g/mol. The van der Waals surface area contributed by atoms with Crippen LogP contribution >= 0.6 is 0 Å². The standard InChI is InChI=1S/C30H50O3/c1-20(2)25(31)15-17-28(6)16-9-10-24-23(28)14-19-29(7)22(13-18-30(24,29)8)21(3)11-12-26(32)27(4,5)33/h10,14,20-22,26,32-33H,9,11-13,15-19H2,1-8H3. The fourth-order valence-corrected chi connectivity index (χ4v) is 7.41. The molecule has 0 bridgehead atoms. The predicted octanol–water partition coefficient (Wildman–Crippen LogP) is 7.02. The van der Waals surface area contributed by atoms with Crippen LogP contribution in [-0.4, -0.2) is 27.7 Å². The lowest BCUT2D eigenvalue weighted by Crippen LogP contribution is -2.45. The molecule has 0 radical (unpaired) electrons. The van der Waals surface area contributed by atoms with Crippen LogP contribution in [0.3, 0.4) is 0 Å². The number of Topliss-reactive ketones (excluding diaryl/α,β-unsaturated/α-hetero) is 1. The molecule has 1 saturated carbocycles. The van der Waals surface area contributed by atoms with Gasteiger partial charge in [0.05, 0.1) is 11.7 Å². The van der Waals surface area contributed by atoms with Gasteiger partial charge < -0.3 is 10.2 Å². The summed E-state index contributed by atoms with van der Waals surface area (Å²) in [5.74, 6) is 1.65. The van der Waals surface area contributed by atoms with Crippen molar-refractivity contribution in [1.29, 1.82) is 0 Å². The van der Waals surface area contributed by atoms with Crippen molar-refractivity contribution in [2.75, 3.05) is 0 Å². The average molecular weight is 459 g/mol. The highest BCUT2D eigenvalue weighted by Gasteiger charge is 2.60. The SMILES string of the molecule is CC(C)C(=O)CCC1(C)CCC=C2C1=CCC1(C)C(C(C)CCC(O)C(C)(C)O)CCC21C. The summed E-state index contributed by atoms with van der Waals surface area (Å²) in [5, 5.41) is 20.5. The van der Waals surface area contributed by atoms with Gasteiger partial charge in [-0.2, -0.15) is 0 Å². The van der Waals surface area contributed by atoms with E-state index >= 15 is 0 Å². The van der Waals surface area contributed by atoms with Crippen LogP contribution in [0.2, 0.25) is 0 Å². The van der Waals surface area contributed by atoms with Gasteiger partial charge in [-0.05, 0) is 104 Å².